The van der Waals surface area contributed by atoms with Crippen molar-refractivity contribution in [2.24, 2.45) is 0 Å². The molecule has 0 atom stereocenters. The molecule has 1 aliphatic rings. The molecule has 166 valence electrons. The number of anilines is 1. The van der Waals surface area contributed by atoms with E-state index in [0.29, 0.717) is 27.7 Å². The highest BCUT2D eigenvalue weighted by molar-refractivity contribution is 6.31. The van der Waals surface area contributed by atoms with Crippen molar-refractivity contribution >= 4 is 34.0 Å². The van der Waals surface area contributed by atoms with Crippen molar-refractivity contribution in [3.63, 3.8) is 0 Å². The highest BCUT2D eigenvalue weighted by Gasteiger charge is 2.31. The molecule has 5 rings (SSSR count). The van der Waals surface area contributed by atoms with Crippen LogP contribution in [-0.4, -0.2) is 25.9 Å². The Morgan fingerprint density at radius 3 is 2.53 bits per heavy atom. The zero-order valence-electron chi connectivity index (χ0n) is 17.2. The van der Waals surface area contributed by atoms with Crippen LogP contribution in [0.25, 0.3) is 27.8 Å². The largest absolute Gasteiger partial charge is 0.416 e. The van der Waals surface area contributed by atoms with E-state index in [2.05, 4.69) is 15.6 Å². The Labute approximate surface area is 187 Å². The number of aromatic nitrogens is 4. The first-order valence-corrected chi connectivity index (χ1v) is 11.1. The van der Waals surface area contributed by atoms with Crippen LogP contribution >= 0.6 is 11.6 Å². The summed E-state index contributed by atoms with van der Waals surface area (Å²) in [5.41, 5.74) is 1.02. The van der Waals surface area contributed by atoms with Gasteiger partial charge < -0.3 is 5.32 Å². The zero-order valence-corrected chi connectivity index (χ0v) is 17.9. The highest BCUT2D eigenvalue weighted by atomic mass is 35.5. The normalized spacial score (nSPS) is 15.9. The van der Waals surface area contributed by atoms with E-state index in [9.17, 15) is 13.2 Å². The van der Waals surface area contributed by atoms with Crippen molar-refractivity contribution in [3.05, 3.63) is 53.1 Å². The number of hydrogen-bond donors (Lipinski definition) is 1. The minimum Gasteiger partial charge on any atom is -0.367 e. The lowest BCUT2D eigenvalue weighted by Gasteiger charge is -2.18. The van der Waals surface area contributed by atoms with Crippen LogP contribution in [0.2, 0.25) is 5.02 Å². The molecular weight excluding hydrogens is 439 g/mol. The van der Waals surface area contributed by atoms with Crippen LogP contribution in [0.5, 0.6) is 0 Å². The number of rotatable bonds is 3. The number of nitrogens with zero attached hydrogens (tertiary/aromatic N) is 4. The molecule has 0 bridgehead atoms. The van der Waals surface area contributed by atoms with Gasteiger partial charge in [-0.2, -0.15) is 17.7 Å². The summed E-state index contributed by atoms with van der Waals surface area (Å²) in [7, 11) is 0. The molecule has 0 aliphatic heterocycles. The van der Waals surface area contributed by atoms with E-state index < -0.39 is 11.7 Å². The number of nitrogens with one attached hydrogen (secondary N) is 1. The van der Waals surface area contributed by atoms with Gasteiger partial charge in [-0.1, -0.05) is 54.6 Å². The fourth-order valence-corrected chi connectivity index (χ4v) is 4.52. The summed E-state index contributed by atoms with van der Waals surface area (Å²) < 4.78 is 41.3. The fraction of sp³-hybridized carbons (Fsp3) is 0.348. The standard InChI is InChI=1S/C23H21ClF3N5/c24-16-10-11-19-18(13-16)21(28-17-8-3-1-2-4-9-17)29-22-20(30-31-32(19)22)14-6-5-7-15(12-14)23(25,26)27/h5-7,10-13,17H,1-4,8-9H2,(H,28,29). The molecule has 4 aromatic rings. The predicted octanol–water partition coefficient (Wildman–Crippen LogP) is 6.75. The molecule has 2 heterocycles. The van der Waals surface area contributed by atoms with E-state index in [0.717, 1.165) is 48.7 Å². The molecule has 1 aliphatic carbocycles. The van der Waals surface area contributed by atoms with Gasteiger partial charge in [0.1, 0.15) is 11.5 Å². The molecule has 5 nitrogen and oxygen atoms in total. The Balaban J connectivity index is 1.67. The molecule has 1 N–H and O–H groups in total. The molecule has 32 heavy (non-hydrogen) atoms. The SMILES string of the molecule is FC(F)(F)c1cccc(-c2nnn3c2nc(NC2CCCCCC2)c2cc(Cl)ccc23)c1. The van der Waals surface area contributed by atoms with Crippen molar-refractivity contribution in [2.75, 3.05) is 5.32 Å². The molecule has 9 heteroatoms. The lowest BCUT2D eigenvalue weighted by molar-refractivity contribution is -0.137. The molecule has 0 amide bonds. The molecule has 0 saturated heterocycles. The van der Waals surface area contributed by atoms with Crippen molar-refractivity contribution in [3.8, 4) is 11.3 Å². The van der Waals surface area contributed by atoms with Crippen LogP contribution in [0.3, 0.4) is 0 Å². The van der Waals surface area contributed by atoms with Gasteiger partial charge in [-0.05, 0) is 43.2 Å². The van der Waals surface area contributed by atoms with E-state index in [1.54, 1.807) is 16.6 Å². The summed E-state index contributed by atoms with van der Waals surface area (Å²) in [5, 5.41) is 13.3. The monoisotopic (exact) mass is 459 g/mol. The smallest absolute Gasteiger partial charge is 0.367 e. The van der Waals surface area contributed by atoms with Crippen LogP contribution in [0.4, 0.5) is 19.0 Å². The maximum Gasteiger partial charge on any atom is 0.416 e. The quantitative estimate of drug-likeness (QED) is 0.344. The van der Waals surface area contributed by atoms with Gasteiger partial charge in [0.25, 0.3) is 0 Å². The highest BCUT2D eigenvalue weighted by Crippen LogP contribution is 2.34. The van der Waals surface area contributed by atoms with E-state index in [1.807, 2.05) is 12.1 Å². The number of benzene rings is 2. The van der Waals surface area contributed by atoms with Gasteiger partial charge in [0, 0.05) is 22.0 Å². The Kier molecular flexibility index (Phi) is 5.41. The van der Waals surface area contributed by atoms with Crippen LogP contribution in [0, 0.1) is 0 Å². The Morgan fingerprint density at radius 2 is 1.78 bits per heavy atom. The Hall–Kier alpha value is -2.87. The molecule has 2 aromatic carbocycles. The van der Waals surface area contributed by atoms with Crippen molar-refractivity contribution in [1.29, 1.82) is 0 Å². The lowest BCUT2D eigenvalue weighted by Crippen LogP contribution is -2.19. The van der Waals surface area contributed by atoms with E-state index in [1.165, 1.54) is 18.9 Å². The number of hydrogen-bond acceptors (Lipinski definition) is 4. The summed E-state index contributed by atoms with van der Waals surface area (Å²) in [4.78, 5) is 4.78. The van der Waals surface area contributed by atoms with Crippen molar-refractivity contribution in [2.45, 2.75) is 50.7 Å². The first kappa shape index (κ1) is 21.0. The van der Waals surface area contributed by atoms with Gasteiger partial charge in [0.05, 0.1) is 11.1 Å². The summed E-state index contributed by atoms with van der Waals surface area (Å²) in [6.45, 7) is 0. The van der Waals surface area contributed by atoms with Crippen LogP contribution in [-0.2, 0) is 6.18 Å². The maximum absolute atomic E-state index is 13.2. The predicted molar refractivity (Wildman–Crippen MR) is 119 cm³/mol. The van der Waals surface area contributed by atoms with Crippen molar-refractivity contribution in [1.82, 2.24) is 19.8 Å². The summed E-state index contributed by atoms with van der Waals surface area (Å²) >= 11 is 6.26. The van der Waals surface area contributed by atoms with Gasteiger partial charge in [-0.25, -0.2) is 4.98 Å². The average Bonchev–Trinajstić information content (AvgIpc) is 3.02. The molecule has 2 aromatic heterocycles. The first-order chi connectivity index (χ1) is 15.4. The average molecular weight is 460 g/mol. The molecule has 1 fully saturated rings. The Morgan fingerprint density at radius 1 is 1.00 bits per heavy atom. The first-order valence-electron chi connectivity index (χ1n) is 10.7. The number of halogens is 4. The summed E-state index contributed by atoms with van der Waals surface area (Å²) in [6, 6.07) is 10.8. The molecule has 0 spiro atoms. The maximum atomic E-state index is 13.2. The fourth-order valence-electron chi connectivity index (χ4n) is 4.34. The number of alkyl halides is 3. The lowest BCUT2D eigenvalue weighted by atomic mass is 10.1. The third-order valence-electron chi connectivity index (χ3n) is 5.97. The van der Waals surface area contributed by atoms with Crippen molar-refractivity contribution < 1.29 is 13.2 Å². The van der Waals surface area contributed by atoms with E-state index in [-0.39, 0.29) is 6.04 Å². The molecule has 0 radical (unpaired) electrons. The summed E-state index contributed by atoms with van der Waals surface area (Å²) in [6.07, 6.45) is 2.42. The van der Waals surface area contributed by atoms with Gasteiger partial charge >= 0.3 is 6.18 Å². The Bertz CT molecular complexity index is 1280. The van der Waals surface area contributed by atoms with Gasteiger partial charge in [0.15, 0.2) is 5.65 Å². The van der Waals surface area contributed by atoms with Crippen LogP contribution < -0.4 is 5.32 Å². The second-order valence-electron chi connectivity index (χ2n) is 8.21. The van der Waals surface area contributed by atoms with E-state index >= 15 is 0 Å². The second kappa shape index (κ2) is 8.24. The topological polar surface area (TPSA) is 55.1 Å². The molecular formula is C23H21ClF3N5. The molecule has 1 saturated carbocycles. The molecule has 0 unspecified atom stereocenters. The second-order valence-corrected chi connectivity index (χ2v) is 8.64. The van der Waals surface area contributed by atoms with Crippen LogP contribution in [0.1, 0.15) is 44.1 Å². The van der Waals surface area contributed by atoms with Gasteiger partial charge in [-0.3, -0.25) is 0 Å². The van der Waals surface area contributed by atoms with Crippen LogP contribution in [0.15, 0.2) is 42.5 Å². The third kappa shape index (κ3) is 3.99. The minimum absolute atomic E-state index is 0.280. The van der Waals surface area contributed by atoms with Gasteiger partial charge in [0.2, 0.25) is 0 Å². The number of fused-ring (bicyclic) bond motifs is 3. The van der Waals surface area contributed by atoms with Gasteiger partial charge in [-0.15, -0.1) is 5.10 Å². The minimum atomic E-state index is -4.44. The third-order valence-corrected chi connectivity index (χ3v) is 6.20. The zero-order chi connectivity index (χ0) is 22.3. The van der Waals surface area contributed by atoms with E-state index in [4.69, 9.17) is 16.6 Å². The summed E-state index contributed by atoms with van der Waals surface area (Å²) in [5.74, 6) is 0.650.